The van der Waals surface area contributed by atoms with E-state index >= 15 is 0 Å². The van der Waals surface area contributed by atoms with Crippen LogP contribution in [0.4, 0.5) is 0 Å². The van der Waals surface area contributed by atoms with E-state index in [0.29, 0.717) is 0 Å². The Balaban J connectivity index is 2.33. The molecule has 82 valence electrons. The van der Waals surface area contributed by atoms with Crippen LogP contribution in [0.15, 0.2) is 48.8 Å². The Kier molecular flexibility index (Phi) is 3.54. The summed E-state index contributed by atoms with van der Waals surface area (Å²) in [5.74, 6) is 0. The second-order valence-corrected chi connectivity index (χ2v) is 4.00. The SMILES string of the molecule is CN[C@H](c1ccc(Cl)cc1)c1cccnc1. The van der Waals surface area contributed by atoms with Crippen LogP contribution in [0.1, 0.15) is 17.2 Å². The van der Waals surface area contributed by atoms with Gasteiger partial charge in [-0.15, -0.1) is 0 Å². The van der Waals surface area contributed by atoms with Crippen LogP contribution in [-0.4, -0.2) is 12.0 Å². The first-order valence-corrected chi connectivity index (χ1v) is 5.51. The molecule has 1 aromatic carbocycles. The molecule has 0 aliphatic heterocycles. The van der Waals surface area contributed by atoms with Crippen LogP contribution >= 0.6 is 11.6 Å². The Labute approximate surface area is 100 Å². The third kappa shape index (κ3) is 2.40. The number of rotatable bonds is 3. The third-order valence-electron chi connectivity index (χ3n) is 2.51. The summed E-state index contributed by atoms with van der Waals surface area (Å²) in [4.78, 5) is 4.13. The number of benzene rings is 1. The molecular weight excluding hydrogens is 220 g/mol. The van der Waals surface area contributed by atoms with E-state index in [1.807, 2.05) is 43.6 Å². The van der Waals surface area contributed by atoms with Gasteiger partial charge in [-0.1, -0.05) is 29.8 Å². The molecule has 1 atom stereocenters. The summed E-state index contributed by atoms with van der Waals surface area (Å²) in [6.45, 7) is 0. The molecule has 2 rings (SSSR count). The Morgan fingerprint density at radius 1 is 1.12 bits per heavy atom. The summed E-state index contributed by atoms with van der Waals surface area (Å²) in [7, 11) is 1.94. The molecule has 0 fully saturated rings. The molecule has 0 aliphatic carbocycles. The van der Waals surface area contributed by atoms with Crippen LogP contribution in [0.2, 0.25) is 5.02 Å². The highest BCUT2D eigenvalue weighted by Crippen LogP contribution is 2.22. The highest BCUT2D eigenvalue weighted by atomic mass is 35.5. The smallest absolute Gasteiger partial charge is 0.0589 e. The highest BCUT2D eigenvalue weighted by molar-refractivity contribution is 6.30. The van der Waals surface area contributed by atoms with E-state index in [1.54, 1.807) is 6.20 Å². The van der Waals surface area contributed by atoms with Crippen molar-refractivity contribution < 1.29 is 0 Å². The van der Waals surface area contributed by atoms with Gasteiger partial charge in [0.1, 0.15) is 0 Å². The molecule has 1 heterocycles. The Morgan fingerprint density at radius 2 is 1.88 bits per heavy atom. The maximum absolute atomic E-state index is 5.87. The Morgan fingerprint density at radius 3 is 2.44 bits per heavy atom. The van der Waals surface area contributed by atoms with Crippen molar-refractivity contribution in [3.63, 3.8) is 0 Å². The summed E-state index contributed by atoms with van der Waals surface area (Å²) < 4.78 is 0. The molecule has 0 radical (unpaired) electrons. The van der Waals surface area contributed by atoms with Gasteiger partial charge in [0.05, 0.1) is 6.04 Å². The van der Waals surface area contributed by atoms with Gasteiger partial charge in [-0.25, -0.2) is 0 Å². The zero-order valence-electron chi connectivity index (χ0n) is 9.02. The summed E-state index contributed by atoms with van der Waals surface area (Å²) in [5, 5.41) is 4.03. The van der Waals surface area contributed by atoms with E-state index in [4.69, 9.17) is 11.6 Å². The minimum absolute atomic E-state index is 0.158. The van der Waals surface area contributed by atoms with Crippen LogP contribution < -0.4 is 5.32 Å². The molecule has 2 aromatic rings. The number of pyridine rings is 1. The van der Waals surface area contributed by atoms with Gasteiger partial charge in [0, 0.05) is 17.4 Å². The predicted octanol–water partition coefficient (Wildman–Crippen LogP) is 3.04. The number of nitrogens with one attached hydrogen (secondary N) is 1. The van der Waals surface area contributed by atoms with E-state index in [9.17, 15) is 0 Å². The lowest BCUT2D eigenvalue weighted by Crippen LogP contribution is -2.17. The molecule has 1 aromatic heterocycles. The van der Waals surface area contributed by atoms with E-state index < -0.39 is 0 Å². The van der Waals surface area contributed by atoms with Crippen LogP contribution in [0.3, 0.4) is 0 Å². The summed E-state index contributed by atoms with van der Waals surface area (Å²) in [5.41, 5.74) is 2.33. The van der Waals surface area contributed by atoms with Gasteiger partial charge in [-0.05, 0) is 36.4 Å². The normalized spacial score (nSPS) is 12.4. The molecule has 0 unspecified atom stereocenters. The number of halogens is 1. The average Bonchev–Trinajstić information content (AvgIpc) is 2.34. The van der Waals surface area contributed by atoms with Crippen LogP contribution in [0.25, 0.3) is 0 Å². The minimum atomic E-state index is 0.158. The van der Waals surface area contributed by atoms with E-state index in [-0.39, 0.29) is 6.04 Å². The van der Waals surface area contributed by atoms with Crippen LogP contribution in [0.5, 0.6) is 0 Å². The molecule has 0 aliphatic rings. The second kappa shape index (κ2) is 5.10. The molecule has 1 N–H and O–H groups in total. The van der Waals surface area contributed by atoms with Crippen molar-refractivity contribution in [2.24, 2.45) is 0 Å². The fraction of sp³-hybridized carbons (Fsp3) is 0.154. The van der Waals surface area contributed by atoms with Gasteiger partial charge in [0.2, 0.25) is 0 Å². The standard InChI is InChI=1S/C13H13ClN2/c1-15-13(11-3-2-8-16-9-11)10-4-6-12(14)7-5-10/h2-9,13,15H,1H3/t13-/m1/s1. The first-order chi connectivity index (χ1) is 7.81. The van der Waals surface area contributed by atoms with Crippen molar-refractivity contribution in [2.75, 3.05) is 7.05 Å². The molecule has 2 nitrogen and oxygen atoms in total. The van der Waals surface area contributed by atoms with Gasteiger partial charge >= 0.3 is 0 Å². The van der Waals surface area contributed by atoms with E-state index in [2.05, 4.69) is 16.4 Å². The Bertz CT molecular complexity index is 439. The monoisotopic (exact) mass is 232 g/mol. The summed E-state index contributed by atoms with van der Waals surface area (Å²) in [6, 6.07) is 12.0. The Hall–Kier alpha value is -1.38. The largest absolute Gasteiger partial charge is 0.309 e. The lowest BCUT2D eigenvalue weighted by Gasteiger charge is -2.16. The fourth-order valence-corrected chi connectivity index (χ4v) is 1.85. The molecule has 0 bridgehead atoms. The number of aromatic nitrogens is 1. The van der Waals surface area contributed by atoms with Gasteiger partial charge in [0.25, 0.3) is 0 Å². The van der Waals surface area contributed by atoms with Gasteiger partial charge < -0.3 is 5.32 Å². The van der Waals surface area contributed by atoms with Gasteiger partial charge in [-0.3, -0.25) is 4.98 Å². The average molecular weight is 233 g/mol. The van der Waals surface area contributed by atoms with Crippen LogP contribution in [-0.2, 0) is 0 Å². The first kappa shape index (κ1) is 11.1. The van der Waals surface area contributed by atoms with Gasteiger partial charge in [0.15, 0.2) is 0 Å². The van der Waals surface area contributed by atoms with Crippen molar-refractivity contribution in [1.82, 2.24) is 10.3 Å². The molecule has 0 amide bonds. The topological polar surface area (TPSA) is 24.9 Å². The number of nitrogens with zero attached hydrogens (tertiary/aromatic N) is 1. The lowest BCUT2D eigenvalue weighted by atomic mass is 10.0. The van der Waals surface area contributed by atoms with Crippen molar-refractivity contribution in [2.45, 2.75) is 6.04 Å². The number of hydrogen-bond donors (Lipinski definition) is 1. The van der Waals surface area contributed by atoms with Gasteiger partial charge in [-0.2, -0.15) is 0 Å². The van der Waals surface area contributed by atoms with Crippen molar-refractivity contribution >= 4 is 11.6 Å². The fourth-order valence-electron chi connectivity index (χ4n) is 1.73. The molecular formula is C13H13ClN2. The highest BCUT2D eigenvalue weighted by Gasteiger charge is 2.11. The molecule has 0 saturated heterocycles. The zero-order valence-corrected chi connectivity index (χ0v) is 9.78. The zero-order chi connectivity index (χ0) is 11.4. The predicted molar refractivity (Wildman–Crippen MR) is 66.6 cm³/mol. The molecule has 0 saturated carbocycles. The van der Waals surface area contributed by atoms with Crippen LogP contribution in [0, 0.1) is 0 Å². The molecule has 3 heteroatoms. The van der Waals surface area contributed by atoms with Crippen molar-refractivity contribution in [1.29, 1.82) is 0 Å². The maximum atomic E-state index is 5.87. The van der Waals surface area contributed by atoms with Crippen molar-refractivity contribution in [3.8, 4) is 0 Å². The third-order valence-corrected chi connectivity index (χ3v) is 2.76. The minimum Gasteiger partial charge on any atom is -0.309 e. The second-order valence-electron chi connectivity index (χ2n) is 3.56. The molecule has 16 heavy (non-hydrogen) atoms. The lowest BCUT2D eigenvalue weighted by molar-refractivity contribution is 0.689. The van der Waals surface area contributed by atoms with Crippen molar-refractivity contribution in [3.05, 3.63) is 64.9 Å². The quantitative estimate of drug-likeness (QED) is 0.880. The summed E-state index contributed by atoms with van der Waals surface area (Å²) in [6.07, 6.45) is 3.65. The van der Waals surface area contributed by atoms with E-state index in [1.165, 1.54) is 5.56 Å². The molecule has 0 spiro atoms. The number of hydrogen-bond acceptors (Lipinski definition) is 2. The van der Waals surface area contributed by atoms with E-state index in [0.717, 1.165) is 10.6 Å². The first-order valence-electron chi connectivity index (χ1n) is 5.14. The summed E-state index contributed by atoms with van der Waals surface area (Å²) >= 11 is 5.87. The maximum Gasteiger partial charge on any atom is 0.0589 e.